The summed E-state index contributed by atoms with van der Waals surface area (Å²) in [6.45, 7) is 2.30. The molecule has 3 heteroatoms. The van der Waals surface area contributed by atoms with Crippen molar-refractivity contribution in [3.63, 3.8) is 0 Å². The van der Waals surface area contributed by atoms with Gasteiger partial charge in [0.1, 0.15) is 6.04 Å². The van der Waals surface area contributed by atoms with Gasteiger partial charge in [-0.2, -0.15) is 4.91 Å². The molecule has 0 radical (unpaired) electrons. The van der Waals surface area contributed by atoms with Crippen molar-refractivity contribution in [3.05, 3.63) is 17.1 Å². The monoisotopic (exact) mass is 325 g/mol. The molecule has 0 aromatic carbocycles. The van der Waals surface area contributed by atoms with Gasteiger partial charge in [0.25, 0.3) is 0 Å². The summed E-state index contributed by atoms with van der Waals surface area (Å²) < 4.78 is 0. The fourth-order valence-electron chi connectivity index (χ4n) is 2.85. The Labute approximate surface area is 143 Å². The van der Waals surface area contributed by atoms with E-state index in [4.69, 9.17) is 5.11 Å². The number of unbranched alkanes of at least 4 members (excludes halogenated alkanes) is 13. The Morgan fingerprint density at radius 2 is 1.30 bits per heavy atom. The molecule has 1 atom stereocenters. The predicted octanol–water partition coefficient (Wildman–Crippen LogP) is 6.54. The highest BCUT2D eigenvalue weighted by Crippen LogP contribution is 2.13. The molecule has 1 unspecified atom stereocenters. The molecule has 3 nitrogen and oxygen atoms in total. The zero-order chi connectivity index (χ0) is 17.0. The van der Waals surface area contributed by atoms with Gasteiger partial charge >= 0.3 is 0 Å². The number of nitroso groups, excluding NO2 is 1. The Bertz CT molecular complexity index is 266. The number of nitrogens with zero attached hydrogens (tertiary/aromatic N) is 1. The average molecular weight is 326 g/mol. The lowest BCUT2D eigenvalue weighted by Crippen LogP contribution is -2.01. The molecule has 0 aliphatic carbocycles. The summed E-state index contributed by atoms with van der Waals surface area (Å²) in [6, 6.07) is -0.345. The van der Waals surface area contributed by atoms with E-state index < -0.39 is 0 Å². The summed E-state index contributed by atoms with van der Waals surface area (Å²) in [4.78, 5) is 10.5. The minimum absolute atomic E-state index is 0.0273. The molecular formula is C20H39NO2. The highest BCUT2D eigenvalue weighted by Gasteiger charge is 2.01. The van der Waals surface area contributed by atoms with Crippen LogP contribution in [0.1, 0.15) is 103 Å². The van der Waals surface area contributed by atoms with Gasteiger partial charge in [-0.25, -0.2) is 0 Å². The van der Waals surface area contributed by atoms with E-state index in [2.05, 4.69) is 12.1 Å². The molecule has 0 bridgehead atoms. The maximum Gasteiger partial charge on any atom is 0.112 e. The summed E-state index contributed by atoms with van der Waals surface area (Å²) in [5, 5.41) is 11.7. The molecular weight excluding hydrogens is 286 g/mol. The molecule has 0 aliphatic rings. The molecule has 0 amide bonds. The SMILES string of the molecule is CCCCCCCCCCCCCCC/C=C/C(CCO)N=O. The van der Waals surface area contributed by atoms with Crippen LogP contribution in [0.5, 0.6) is 0 Å². The van der Waals surface area contributed by atoms with Crippen LogP contribution in [0, 0.1) is 4.91 Å². The number of hydrogen-bond donors (Lipinski definition) is 1. The van der Waals surface area contributed by atoms with Crippen molar-refractivity contribution in [2.24, 2.45) is 5.18 Å². The molecule has 1 N–H and O–H groups in total. The number of aliphatic hydroxyl groups is 1. The van der Waals surface area contributed by atoms with Gasteiger partial charge in [0.2, 0.25) is 0 Å². The molecule has 23 heavy (non-hydrogen) atoms. The van der Waals surface area contributed by atoms with Crippen LogP contribution in [0.4, 0.5) is 0 Å². The van der Waals surface area contributed by atoms with Gasteiger partial charge in [-0.15, -0.1) is 0 Å². The Hall–Kier alpha value is -0.700. The first-order valence-corrected chi connectivity index (χ1v) is 9.95. The van der Waals surface area contributed by atoms with E-state index in [0.29, 0.717) is 6.42 Å². The van der Waals surface area contributed by atoms with Crippen molar-refractivity contribution in [2.45, 2.75) is 109 Å². The lowest BCUT2D eigenvalue weighted by Gasteiger charge is -2.03. The Balaban J connectivity index is 3.18. The summed E-state index contributed by atoms with van der Waals surface area (Å²) >= 11 is 0. The zero-order valence-corrected chi connectivity index (χ0v) is 15.3. The number of aliphatic hydroxyl groups excluding tert-OH is 1. The molecule has 0 heterocycles. The number of allylic oxidation sites excluding steroid dienone is 1. The van der Waals surface area contributed by atoms with Crippen molar-refractivity contribution >= 4 is 0 Å². The van der Waals surface area contributed by atoms with E-state index in [0.717, 1.165) is 6.42 Å². The van der Waals surface area contributed by atoms with Crippen LogP contribution in [0.2, 0.25) is 0 Å². The molecule has 0 aromatic rings. The summed E-state index contributed by atoms with van der Waals surface area (Å²) in [5.41, 5.74) is 0. The molecule has 0 saturated heterocycles. The van der Waals surface area contributed by atoms with Gasteiger partial charge < -0.3 is 5.11 Å². The predicted molar refractivity (Wildman–Crippen MR) is 101 cm³/mol. The lowest BCUT2D eigenvalue weighted by molar-refractivity contribution is 0.283. The van der Waals surface area contributed by atoms with Crippen LogP contribution in [0.25, 0.3) is 0 Å². The van der Waals surface area contributed by atoms with Crippen LogP contribution in [-0.4, -0.2) is 17.8 Å². The highest BCUT2D eigenvalue weighted by atomic mass is 16.3. The van der Waals surface area contributed by atoms with Gasteiger partial charge in [-0.3, -0.25) is 0 Å². The van der Waals surface area contributed by atoms with E-state index in [1.165, 1.54) is 83.5 Å². The maximum absolute atomic E-state index is 10.5. The fraction of sp³-hybridized carbons (Fsp3) is 0.900. The van der Waals surface area contributed by atoms with Gasteiger partial charge in [0.05, 0.1) is 0 Å². The van der Waals surface area contributed by atoms with Crippen LogP contribution in [-0.2, 0) is 0 Å². The minimum Gasteiger partial charge on any atom is -0.396 e. The quantitative estimate of drug-likeness (QED) is 0.177. The molecule has 0 spiro atoms. The second-order valence-electron chi connectivity index (χ2n) is 6.64. The third-order valence-corrected chi connectivity index (χ3v) is 4.39. The molecule has 0 aliphatic heterocycles. The molecule has 0 rings (SSSR count). The summed E-state index contributed by atoms with van der Waals surface area (Å²) in [6.07, 6.45) is 23.2. The Morgan fingerprint density at radius 1 is 0.826 bits per heavy atom. The first-order chi connectivity index (χ1) is 11.3. The Kier molecular flexibility index (Phi) is 18.8. The van der Waals surface area contributed by atoms with Crippen molar-refractivity contribution < 1.29 is 5.11 Å². The molecule has 0 fully saturated rings. The van der Waals surface area contributed by atoms with Gasteiger partial charge in [0.15, 0.2) is 0 Å². The van der Waals surface area contributed by atoms with E-state index in [-0.39, 0.29) is 12.6 Å². The fourth-order valence-corrected chi connectivity index (χ4v) is 2.85. The summed E-state index contributed by atoms with van der Waals surface area (Å²) in [7, 11) is 0. The lowest BCUT2D eigenvalue weighted by atomic mass is 10.0. The van der Waals surface area contributed by atoms with Crippen molar-refractivity contribution in [3.8, 4) is 0 Å². The molecule has 0 saturated carbocycles. The van der Waals surface area contributed by atoms with Crippen LogP contribution in [0.3, 0.4) is 0 Å². The highest BCUT2D eigenvalue weighted by molar-refractivity contribution is 4.92. The van der Waals surface area contributed by atoms with Crippen LogP contribution < -0.4 is 0 Å². The van der Waals surface area contributed by atoms with Crippen molar-refractivity contribution in [1.82, 2.24) is 0 Å². The van der Waals surface area contributed by atoms with E-state index in [1.807, 2.05) is 12.2 Å². The maximum atomic E-state index is 10.5. The van der Waals surface area contributed by atoms with Crippen LogP contribution >= 0.6 is 0 Å². The van der Waals surface area contributed by atoms with Crippen molar-refractivity contribution in [2.75, 3.05) is 6.61 Å². The molecule has 0 aromatic heterocycles. The first-order valence-electron chi connectivity index (χ1n) is 9.95. The standard InChI is InChI=1S/C20H39NO2/c1-2-3-4-5-6-7-8-9-10-11-12-13-14-15-16-17-20(21-23)18-19-22/h16-17,20,22H,2-15,18-19H2,1H3/b17-16+. The van der Waals surface area contributed by atoms with E-state index in [1.54, 1.807) is 0 Å². The van der Waals surface area contributed by atoms with Gasteiger partial charge in [-0.05, 0) is 19.3 Å². The zero-order valence-electron chi connectivity index (χ0n) is 15.3. The first kappa shape index (κ1) is 22.3. The third-order valence-electron chi connectivity index (χ3n) is 4.39. The second kappa shape index (κ2) is 19.3. The average Bonchev–Trinajstić information content (AvgIpc) is 2.57. The topological polar surface area (TPSA) is 49.7 Å². The number of hydrogen-bond acceptors (Lipinski definition) is 3. The third kappa shape index (κ3) is 17.5. The summed E-state index contributed by atoms with van der Waals surface area (Å²) in [5.74, 6) is 0. The van der Waals surface area contributed by atoms with Gasteiger partial charge in [0, 0.05) is 6.61 Å². The van der Waals surface area contributed by atoms with Crippen molar-refractivity contribution in [1.29, 1.82) is 0 Å². The normalized spacial score (nSPS) is 12.8. The molecule has 136 valence electrons. The van der Waals surface area contributed by atoms with Gasteiger partial charge in [-0.1, -0.05) is 101 Å². The smallest absolute Gasteiger partial charge is 0.112 e. The number of rotatable bonds is 18. The van der Waals surface area contributed by atoms with Crippen LogP contribution in [0.15, 0.2) is 17.3 Å². The Morgan fingerprint density at radius 3 is 1.74 bits per heavy atom. The minimum atomic E-state index is -0.345. The van der Waals surface area contributed by atoms with E-state index >= 15 is 0 Å². The second-order valence-corrected chi connectivity index (χ2v) is 6.64. The largest absolute Gasteiger partial charge is 0.396 e. The van der Waals surface area contributed by atoms with E-state index in [9.17, 15) is 4.91 Å².